The third-order valence-corrected chi connectivity index (χ3v) is 4.95. The SMILES string of the molecule is CC(C(=O)Nc1ccccc1Cl)N(c1ccc(F)c(F)c1)S(C)(=O)=O. The van der Waals surface area contributed by atoms with E-state index >= 15 is 0 Å². The Morgan fingerprint density at radius 2 is 1.80 bits per heavy atom. The fourth-order valence-electron chi connectivity index (χ4n) is 2.23. The van der Waals surface area contributed by atoms with Gasteiger partial charge < -0.3 is 5.32 Å². The summed E-state index contributed by atoms with van der Waals surface area (Å²) in [6, 6.07) is 7.80. The lowest BCUT2D eigenvalue weighted by Gasteiger charge is -2.28. The molecule has 0 spiro atoms. The maximum absolute atomic E-state index is 13.5. The average molecular weight is 389 g/mol. The Balaban J connectivity index is 2.36. The first kappa shape index (κ1) is 19.1. The Labute approximate surface area is 149 Å². The van der Waals surface area contributed by atoms with Crippen molar-refractivity contribution in [2.45, 2.75) is 13.0 Å². The van der Waals surface area contributed by atoms with Crippen molar-refractivity contribution in [3.05, 3.63) is 59.1 Å². The maximum atomic E-state index is 13.5. The van der Waals surface area contributed by atoms with E-state index in [1.807, 2.05) is 0 Å². The maximum Gasteiger partial charge on any atom is 0.248 e. The molecular formula is C16H15ClF2N2O3S. The zero-order valence-electron chi connectivity index (χ0n) is 13.3. The molecule has 5 nitrogen and oxygen atoms in total. The molecule has 1 amide bonds. The molecule has 0 heterocycles. The largest absolute Gasteiger partial charge is 0.323 e. The molecule has 9 heteroatoms. The average Bonchev–Trinajstić information content (AvgIpc) is 2.51. The molecule has 0 aliphatic rings. The number of sulfonamides is 1. The van der Waals surface area contributed by atoms with E-state index in [1.165, 1.54) is 6.92 Å². The van der Waals surface area contributed by atoms with Crippen molar-refractivity contribution in [1.29, 1.82) is 0 Å². The molecule has 0 saturated carbocycles. The standard InChI is InChI=1S/C16H15ClF2N2O3S/c1-10(16(22)20-15-6-4-3-5-12(15)17)21(25(2,23)24)11-7-8-13(18)14(19)9-11/h3-10H,1-2H3,(H,20,22). The van der Waals surface area contributed by atoms with Gasteiger partial charge in [-0.05, 0) is 31.2 Å². The van der Waals surface area contributed by atoms with Crippen LogP contribution < -0.4 is 9.62 Å². The molecule has 1 atom stereocenters. The summed E-state index contributed by atoms with van der Waals surface area (Å²) < 4.78 is 51.5. The molecule has 0 bridgehead atoms. The van der Waals surface area contributed by atoms with E-state index in [9.17, 15) is 22.0 Å². The van der Waals surface area contributed by atoms with Crippen molar-refractivity contribution < 1.29 is 22.0 Å². The van der Waals surface area contributed by atoms with Crippen LogP contribution in [0.15, 0.2) is 42.5 Å². The van der Waals surface area contributed by atoms with Gasteiger partial charge in [0.15, 0.2) is 11.6 Å². The second-order valence-electron chi connectivity index (χ2n) is 5.30. The number of carbonyl (C=O) groups is 1. The van der Waals surface area contributed by atoms with Crippen LogP contribution in [0.4, 0.5) is 20.2 Å². The molecular weight excluding hydrogens is 374 g/mol. The van der Waals surface area contributed by atoms with Gasteiger partial charge in [-0.15, -0.1) is 0 Å². The first-order valence-corrected chi connectivity index (χ1v) is 9.33. The predicted octanol–water partition coefficient (Wildman–Crippen LogP) is 3.41. The van der Waals surface area contributed by atoms with Gasteiger partial charge >= 0.3 is 0 Å². The highest BCUT2D eigenvalue weighted by molar-refractivity contribution is 7.92. The zero-order valence-corrected chi connectivity index (χ0v) is 14.9. The Morgan fingerprint density at radius 1 is 1.16 bits per heavy atom. The van der Waals surface area contributed by atoms with Crippen LogP contribution in [0.5, 0.6) is 0 Å². The molecule has 0 fully saturated rings. The van der Waals surface area contributed by atoms with E-state index in [0.717, 1.165) is 24.5 Å². The second kappa shape index (κ2) is 7.37. The Hall–Kier alpha value is -2.19. The molecule has 2 rings (SSSR count). The number of anilines is 2. The van der Waals surface area contributed by atoms with Crippen LogP contribution in [0, 0.1) is 11.6 Å². The molecule has 0 aliphatic heterocycles. The molecule has 2 aromatic carbocycles. The Bertz CT molecular complexity index is 906. The van der Waals surface area contributed by atoms with E-state index in [0.29, 0.717) is 9.99 Å². The summed E-state index contributed by atoms with van der Waals surface area (Å²) in [4.78, 5) is 12.4. The van der Waals surface area contributed by atoms with Crippen molar-refractivity contribution in [2.75, 3.05) is 15.9 Å². The summed E-state index contributed by atoms with van der Waals surface area (Å²) in [7, 11) is -3.94. The number of rotatable bonds is 5. The lowest BCUT2D eigenvalue weighted by Crippen LogP contribution is -2.45. The minimum atomic E-state index is -3.94. The number of carbonyl (C=O) groups excluding carboxylic acids is 1. The van der Waals surface area contributed by atoms with Crippen molar-refractivity contribution >= 4 is 38.9 Å². The molecule has 1 N–H and O–H groups in total. The van der Waals surface area contributed by atoms with Gasteiger partial charge in [-0.2, -0.15) is 0 Å². The summed E-state index contributed by atoms with van der Waals surface area (Å²) in [6.45, 7) is 1.33. The molecule has 134 valence electrons. The first-order valence-electron chi connectivity index (χ1n) is 7.11. The Morgan fingerprint density at radius 3 is 2.36 bits per heavy atom. The van der Waals surface area contributed by atoms with Gasteiger partial charge in [0.05, 0.1) is 22.7 Å². The highest BCUT2D eigenvalue weighted by atomic mass is 35.5. The summed E-state index contributed by atoms with van der Waals surface area (Å²) in [5.41, 5.74) is 0.142. The van der Waals surface area contributed by atoms with Gasteiger partial charge in [0.1, 0.15) is 6.04 Å². The molecule has 2 aromatic rings. The third kappa shape index (κ3) is 4.46. The van der Waals surface area contributed by atoms with Crippen molar-refractivity contribution in [3.8, 4) is 0 Å². The van der Waals surface area contributed by atoms with Crippen molar-refractivity contribution in [1.82, 2.24) is 0 Å². The fraction of sp³-hybridized carbons (Fsp3) is 0.188. The Kier molecular flexibility index (Phi) is 5.64. The van der Waals surface area contributed by atoms with Gasteiger partial charge in [-0.25, -0.2) is 17.2 Å². The van der Waals surface area contributed by atoms with Crippen LogP contribution in [0.3, 0.4) is 0 Å². The summed E-state index contributed by atoms with van der Waals surface area (Å²) >= 11 is 5.96. The topological polar surface area (TPSA) is 66.5 Å². The van der Waals surface area contributed by atoms with Gasteiger partial charge in [0, 0.05) is 6.07 Å². The van der Waals surface area contributed by atoms with E-state index in [1.54, 1.807) is 24.3 Å². The van der Waals surface area contributed by atoms with Crippen LogP contribution in [0.2, 0.25) is 5.02 Å². The fourth-order valence-corrected chi connectivity index (χ4v) is 3.58. The van der Waals surface area contributed by atoms with Crippen LogP contribution in [0.1, 0.15) is 6.92 Å². The number of hydrogen-bond donors (Lipinski definition) is 1. The molecule has 1 unspecified atom stereocenters. The summed E-state index contributed by atoms with van der Waals surface area (Å²) in [5.74, 6) is -3.02. The minimum Gasteiger partial charge on any atom is -0.323 e. The third-order valence-electron chi connectivity index (χ3n) is 3.38. The first-order chi connectivity index (χ1) is 11.6. The van der Waals surface area contributed by atoms with E-state index < -0.39 is 33.6 Å². The highest BCUT2D eigenvalue weighted by Gasteiger charge is 2.30. The van der Waals surface area contributed by atoms with E-state index in [2.05, 4.69) is 5.32 Å². The van der Waals surface area contributed by atoms with Crippen LogP contribution in [-0.2, 0) is 14.8 Å². The number of benzene rings is 2. The van der Waals surface area contributed by atoms with E-state index in [-0.39, 0.29) is 10.7 Å². The van der Waals surface area contributed by atoms with Gasteiger partial charge in [0.25, 0.3) is 0 Å². The van der Waals surface area contributed by atoms with Gasteiger partial charge in [-0.3, -0.25) is 9.10 Å². The van der Waals surface area contributed by atoms with Gasteiger partial charge in [-0.1, -0.05) is 23.7 Å². The number of amides is 1. The lowest BCUT2D eigenvalue weighted by molar-refractivity contribution is -0.116. The van der Waals surface area contributed by atoms with Gasteiger partial charge in [0.2, 0.25) is 15.9 Å². The number of nitrogens with zero attached hydrogens (tertiary/aromatic N) is 1. The van der Waals surface area contributed by atoms with Crippen molar-refractivity contribution in [2.24, 2.45) is 0 Å². The summed E-state index contributed by atoms with van der Waals surface area (Å²) in [6.07, 6.45) is 0.869. The molecule has 0 saturated heterocycles. The number of halogens is 3. The molecule has 0 aliphatic carbocycles. The lowest BCUT2D eigenvalue weighted by atomic mass is 10.2. The van der Waals surface area contributed by atoms with Crippen LogP contribution in [0.25, 0.3) is 0 Å². The highest BCUT2D eigenvalue weighted by Crippen LogP contribution is 2.25. The smallest absolute Gasteiger partial charge is 0.248 e. The number of para-hydroxylation sites is 1. The quantitative estimate of drug-likeness (QED) is 0.853. The number of hydrogen-bond acceptors (Lipinski definition) is 3. The van der Waals surface area contributed by atoms with Crippen molar-refractivity contribution in [3.63, 3.8) is 0 Å². The molecule has 0 aromatic heterocycles. The molecule has 0 radical (unpaired) electrons. The summed E-state index contributed by atoms with van der Waals surface area (Å²) in [5, 5.41) is 2.79. The zero-order chi connectivity index (χ0) is 18.8. The monoisotopic (exact) mass is 388 g/mol. The normalized spacial score (nSPS) is 12.5. The minimum absolute atomic E-state index is 0.164. The predicted molar refractivity (Wildman–Crippen MR) is 93.2 cm³/mol. The van der Waals surface area contributed by atoms with E-state index in [4.69, 9.17) is 11.6 Å². The molecule has 25 heavy (non-hydrogen) atoms. The van der Waals surface area contributed by atoms with Crippen LogP contribution in [-0.4, -0.2) is 26.6 Å². The second-order valence-corrected chi connectivity index (χ2v) is 7.57. The number of nitrogens with one attached hydrogen (secondary N) is 1. The van der Waals surface area contributed by atoms with Crippen LogP contribution >= 0.6 is 11.6 Å².